The molecule has 0 aliphatic rings. The van der Waals surface area contributed by atoms with Crippen LogP contribution in [0.1, 0.15) is 13.8 Å². The average Bonchev–Trinajstić information content (AvgIpc) is 2.68. The van der Waals surface area contributed by atoms with Gasteiger partial charge in [0, 0.05) is 38.6 Å². The van der Waals surface area contributed by atoms with E-state index in [1.807, 2.05) is 10.8 Å². The Hall–Kier alpha value is -1.52. The molecule has 0 bridgehead atoms. The Bertz CT molecular complexity index is 289. The lowest BCUT2D eigenvalue weighted by Gasteiger charge is -2.14. The van der Waals surface area contributed by atoms with Gasteiger partial charge in [0.05, 0.1) is 6.33 Å². The number of rotatable bonds is 4. The fourth-order valence-corrected chi connectivity index (χ4v) is 1.19. The molecule has 0 unspecified atom stereocenters. The van der Waals surface area contributed by atoms with Crippen LogP contribution in [-0.2, 0) is 6.54 Å². The van der Waals surface area contributed by atoms with Crippen LogP contribution in [0.25, 0.3) is 0 Å². The zero-order valence-electron chi connectivity index (χ0n) is 9.57. The molecule has 15 heavy (non-hydrogen) atoms. The van der Waals surface area contributed by atoms with Crippen LogP contribution in [0.5, 0.6) is 0 Å². The van der Waals surface area contributed by atoms with Crippen molar-refractivity contribution in [3.8, 4) is 0 Å². The maximum atomic E-state index is 4.12. The number of hydrogen-bond donors (Lipinski definition) is 2. The summed E-state index contributed by atoms with van der Waals surface area (Å²) in [6, 6.07) is 0.393. The summed E-state index contributed by atoms with van der Waals surface area (Å²) in [6.45, 7) is 5.90. The molecule has 5 nitrogen and oxygen atoms in total. The zero-order valence-corrected chi connectivity index (χ0v) is 9.57. The Kier molecular flexibility index (Phi) is 4.66. The average molecular weight is 209 g/mol. The van der Waals surface area contributed by atoms with E-state index in [4.69, 9.17) is 0 Å². The third-order valence-corrected chi connectivity index (χ3v) is 1.87. The summed E-state index contributed by atoms with van der Waals surface area (Å²) < 4.78 is 2.02. The van der Waals surface area contributed by atoms with Gasteiger partial charge in [0.15, 0.2) is 5.96 Å². The number of guanidine groups is 1. The standard InChI is InChI=1S/C10H19N5/c1-9(2)14-10(11-3)13-5-7-15-6-4-12-8-15/h4,6,8-9H,5,7H2,1-3H3,(H2,11,13,14). The SMILES string of the molecule is CN=C(NCCn1ccnc1)NC(C)C. The molecule has 0 radical (unpaired) electrons. The van der Waals surface area contributed by atoms with Crippen LogP contribution in [0.2, 0.25) is 0 Å². The van der Waals surface area contributed by atoms with Crippen molar-refractivity contribution in [2.75, 3.05) is 13.6 Å². The largest absolute Gasteiger partial charge is 0.355 e. The number of hydrogen-bond acceptors (Lipinski definition) is 2. The second-order valence-electron chi connectivity index (χ2n) is 3.60. The second kappa shape index (κ2) is 6.06. The molecule has 84 valence electrons. The molecule has 1 heterocycles. The van der Waals surface area contributed by atoms with Gasteiger partial charge in [-0.1, -0.05) is 0 Å². The van der Waals surface area contributed by atoms with Crippen LogP contribution in [0, 0.1) is 0 Å². The number of aromatic nitrogens is 2. The van der Waals surface area contributed by atoms with Gasteiger partial charge < -0.3 is 15.2 Å². The first-order valence-corrected chi connectivity index (χ1v) is 5.15. The third-order valence-electron chi connectivity index (χ3n) is 1.87. The third kappa shape index (κ3) is 4.49. The molecule has 0 aliphatic heterocycles. The first kappa shape index (κ1) is 11.6. The Morgan fingerprint density at radius 3 is 2.87 bits per heavy atom. The van der Waals surface area contributed by atoms with Crippen molar-refractivity contribution in [2.45, 2.75) is 26.4 Å². The van der Waals surface area contributed by atoms with Gasteiger partial charge in [0.2, 0.25) is 0 Å². The number of aliphatic imine (C=N–C) groups is 1. The van der Waals surface area contributed by atoms with Gasteiger partial charge in [-0.2, -0.15) is 0 Å². The first-order valence-electron chi connectivity index (χ1n) is 5.15. The molecule has 0 aliphatic carbocycles. The van der Waals surface area contributed by atoms with Crippen molar-refractivity contribution in [2.24, 2.45) is 4.99 Å². The maximum Gasteiger partial charge on any atom is 0.191 e. The summed E-state index contributed by atoms with van der Waals surface area (Å²) in [4.78, 5) is 8.09. The van der Waals surface area contributed by atoms with Gasteiger partial charge in [-0.05, 0) is 13.8 Å². The number of nitrogens with one attached hydrogen (secondary N) is 2. The summed E-state index contributed by atoms with van der Waals surface area (Å²) in [6.07, 6.45) is 5.53. The molecule has 0 fully saturated rings. The Labute approximate surface area is 90.6 Å². The predicted molar refractivity (Wildman–Crippen MR) is 61.9 cm³/mol. The van der Waals surface area contributed by atoms with Gasteiger partial charge in [0.1, 0.15) is 0 Å². The van der Waals surface area contributed by atoms with E-state index in [1.54, 1.807) is 19.6 Å². The zero-order chi connectivity index (χ0) is 11.1. The smallest absolute Gasteiger partial charge is 0.191 e. The molecule has 0 spiro atoms. The Balaban J connectivity index is 2.23. The summed E-state index contributed by atoms with van der Waals surface area (Å²) in [7, 11) is 1.77. The van der Waals surface area contributed by atoms with Gasteiger partial charge in [-0.25, -0.2) is 4.98 Å². The summed E-state index contributed by atoms with van der Waals surface area (Å²) in [5, 5.41) is 6.45. The van der Waals surface area contributed by atoms with Gasteiger partial charge in [-0.15, -0.1) is 0 Å². The molecule has 1 aromatic heterocycles. The summed E-state index contributed by atoms with van der Waals surface area (Å²) >= 11 is 0. The molecular formula is C10H19N5. The van der Waals surface area contributed by atoms with Crippen LogP contribution >= 0.6 is 0 Å². The Morgan fingerprint density at radius 1 is 1.53 bits per heavy atom. The minimum atomic E-state index is 0.393. The van der Waals surface area contributed by atoms with E-state index in [0.717, 1.165) is 19.0 Å². The van der Waals surface area contributed by atoms with E-state index in [9.17, 15) is 0 Å². The molecule has 0 amide bonds. The van der Waals surface area contributed by atoms with E-state index < -0.39 is 0 Å². The highest BCUT2D eigenvalue weighted by Crippen LogP contribution is 1.84. The fraction of sp³-hybridized carbons (Fsp3) is 0.600. The molecule has 0 saturated heterocycles. The van der Waals surface area contributed by atoms with Crippen LogP contribution in [0.15, 0.2) is 23.7 Å². The van der Waals surface area contributed by atoms with Crippen molar-refractivity contribution in [1.29, 1.82) is 0 Å². The lowest BCUT2D eigenvalue weighted by Crippen LogP contribution is -2.42. The lowest BCUT2D eigenvalue weighted by molar-refractivity contribution is 0.645. The van der Waals surface area contributed by atoms with Crippen molar-refractivity contribution in [1.82, 2.24) is 20.2 Å². The normalized spacial score (nSPS) is 11.9. The fourth-order valence-electron chi connectivity index (χ4n) is 1.19. The summed E-state index contributed by atoms with van der Waals surface area (Å²) in [5.41, 5.74) is 0. The van der Waals surface area contributed by atoms with E-state index in [1.165, 1.54) is 0 Å². The van der Waals surface area contributed by atoms with Gasteiger partial charge in [-0.3, -0.25) is 4.99 Å². The molecule has 1 aromatic rings. The van der Waals surface area contributed by atoms with Crippen LogP contribution in [-0.4, -0.2) is 35.1 Å². The van der Waals surface area contributed by atoms with Gasteiger partial charge >= 0.3 is 0 Å². The van der Waals surface area contributed by atoms with Crippen molar-refractivity contribution in [3.63, 3.8) is 0 Å². The van der Waals surface area contributed by atoms with E-state index in [0.29, 0.717) is 6.04 Å². The van der Waals surface area contributed by atoms with Crippen molar-refractivity contribution < 1.29 is 0 Å². The van der Waals surface area contributed by atoms with Gasteiger partial charge in [0.25, 0.3) is 0 Å². The molecule has 0 atom stereocenters. The summed E-state index contributed by atoms with van der Waals surface area (Å²) in [5.74, 6) is 0.838. The molecule has 0 aromatic carbocycles. The van der Waals surface area contributed by atoms with E-state index in [2.05, 4.69) is 34.5 Å². The molecular weight excluding hydrogens is 190 g/mol. The molecule has 2 N–H and O–H groups in total. The predicted octanol–water partition coefficient (Wildman–Crippen LogP) is 0.456. The quantitative estimate of drug-likeness (QED) is 0.559. The Morgan fingerprint density at radius 2 is 2.33 bits per heavy atom. The lowest BCUT2D eigenvalue weighted by atomic mass is 10.4. The second-order valence-corrected chi connectivity index (χ2v) is 3.60. The monoisotopic (exact) mass is 209 g/mol. The van der Waals surface area contributed by atoms with Crippen molar-refractivity contribution in [3.05, 3.63) is 18.7 Å². The highest BCUT2D eigenvalue weighted by atomic mass is 15.2. The van der Waals surface area contributed by atoms with E-state index in [-0.39, 0.29) is 0 Å². The number of nitrogens with zero attached hydrogens (tertiary/aromatic N) is 3. The molecule has 5 heteroatoms. The molecule has 1 rings (SSSR count). The molecule has 0 saturated carbocycles. The number of imidazole rings is 1. The van der Waals surface area contributed by atoms with E-state index >= 15 is 0 Å². The highest BCUT2D eigenvalue weighted by Gasteiger charge is 1.98. The van der Waals surface area contributed by atoms with Crippen LogP contribution in [0.4, 0.5) is 0 Å². The highest BCUT2D eigenvalue weighted by molar-refractivity contribution is 5.79. The minimum absolute atomic E-state index is 0.393. The topological polar surface area (TPSA) is 54.2 Å². The van der Waals surface area contributed by atoms with Crippen molar-refractivity contribution >= 4 is 5.96 Å². The van der Waals surface area contributed by atoms with Crippen LogP contribution in [0.3, 0.4) is 0 Å². The first-order chi connectivity index (χ1) is 7.22. The van der Waals surface area contributed by atoms with Crippen LogP contribution < -0.4 is 10.6 Å². The minimum Gasteiger partial charge on any atom is -0.355 e. The maximum absolute atomic E-state index is 4.12.